The van der Waals surface area contributed by atoms with Gasteiger partial charge >= 0.3 is 0 Å². The zero-order valence-corrected chi connectivity index (χ0v) is 12.8. The fourth-order valence-electron chi connectivity index (χ4n) is 2.96. The van der Waals surface area contributed by atoms with E-state index >= 15 is 0 Å². The van der Waals surface area contributed by atoms with Crippen LogP contribution in [-0.2, 0) is 0 Å². The minimum atomic E-state index is -1.04. The molecule has 3 atom stereocenters. The number of alkyl halides is 1. The van der Waals surface area contributed by atoms with E-state index in [1.165, 1.54) is 11.1 Å². The average molecular weight is 272 g/mol. The third-order valence-electron chi connectivity index (χ3n) is 4.48. The summed E-state index contributed by atoms with van der Waals surface area (Å²) >= 11 is 0. The largest absolute Gasteiger partial charge is 0.238 e. The van der Waals surface area contributed by atoms with Gasteiger partial charge in [-0.05, 0) is 32.6 Å². The molecule has 2 rings (SSSR count). The molecule has 1 saturated carbocycles. The van der Waals surface area contributed by atoms with E-state index in [2.05, 4.69) is 38.7 Å². The lowest BCUT2D eigenvalue weighted by atomic mass is 9.85. The third kappa shape index (κ3) is 3.03. The molecular weight excluding hydrogens is 247 g/mol. The Kier molecular flexibility index (Phi) is 4.47. The van der Waals surface area contributed by atoms with Gasteiger partial charge in [0.2, 0.25) is 0 Å². The first kappa shape index (κ1) is 15.0. The second-order valence-corrected chi connectivity index (χ2v) is 6.06. The minimum absolute atomic E-state index is 0.149. The normalized spacial score (nSPS) is 35.1. The summed E-state index contributed by atoms with van der Waals surface area (Å²) in [6, 6.07) is 0. The van der Waals surface area contributed by atoms with Gasteiger partial charge in [-0.1, -0.05) is 66.7 Å². The molecule has 0 amide bonds. The van der Waals surface area contributed by atoms with Crippen molar-refractivity contribution in [1.82, 2.24) is 0 Å². The Morgan fingerprint density at radius 1 is 1.45 bits per heavy atom. The van der Waals surface area contributed by atoms with Gasteiger partial charge < -0.3 is 0 Å². The molecule has 0 heterocycles. The number of halogens is 1. The van der Waals surface area contributed by atoms with Gasteiger partial charge in [-0.25, -0.2) is 4.39 Å². The lowest BCUT2D eigenvalue weighted by Gasteiger charge is -2.26. The number of hydrogen-bond donors (Lipinski definition) is 0. The van der Waals surface area contributed by atoms with Crippen molar-refractivity contribution in [2.75, 3.05) is 0 Å². The first-order valence-electron chi connectivity index (χ1n) is 7.55. The van der Waals surface area contributed by atoms with Gasteiger partial charge in [0.1, 0.15) is 5.67 Å². The Morgan fingerprint density at radius 3 is 2.65 bits per heavy atom. The van der Waals surface area contributed by atoms with Crippen LogP contribution in [0.1, 0.15) is 40.0 Å². The van der Waals surface area contributed by atoms with Crippen LogP contribution in [0.5, 0.6) is 0 Å². The molecule has 1 heteroatoms. The zero-order valence-electron chi connectivity index (χ0n) is 12.8. The van der Waals surface area contributed by atoms with Gasteiger partial charge in [0.15, 0.2) is 0 Å². The Hall–Kier alpha value is -1.37. The van der Waals surface area contributed by atoms with Crippen LogP contribution in [0.2, 0.25) is 0 Å². The molecule has 0 bridgehead atoms. The summed E-state index contributed by atoms with van der Waals surface area (Å²) in [4.78, 5) is 0. The second-order valence-electron chi connectivity index (χ2n) is 6.06. The van der Waals surface area contributed by atoms with Crippen LogP contribution >= 0.6 is 0 Å². The number of allylic oxidation sites excluding steroid dienone is 9. The Labute approximate surface area is 122 Å². The molecule has 0 aromatic carbocycles. The van der Waals surface area contributed by atoms with Crippen molar-refractivity contribution in [2.45, 2.75) is 45.7 Å². The Bertz CT molecular complexity index is 504. The molecule has 2 aliphatic rings. The lowest BCUT2D eigenvalue weighted by molar-refractivity contribution is 0.172. The van der Waals surface area contributed by atoms with Crippen molar-refractivity contribution in [3.8, 4) is 0 Å². The molecule has 1 fully saturated rings. The number of hydrogen-bond acceptors (Lipinski definition) is 0. The van der Waals surface area contributed by atoms with E-state index in [0.29, 0.717) is 12.3 Å². The fraction of sp³-hybridized carbons (Fsp3) is 0.474. The molecule has 2 aliphatic carbocycles. The SMILES string of the molecule is C=C/C(C)=C/C=C(\C)C/C=C1\C(CC)C1C1(F)C=CC1. The van der Waals surface area contributed by atoms with Gasteiger partial charge in [0, 0.05) is 12.3 Å². The van der Waals surface area contributed by atoms with Crippen molar-refractivity contribution < 1.29 is 4.39 Å². The molecule has 108 valence electrons. The lowest BCUT2D eigenvalue weighted by Crippen LogP contribution is -2.29. The average Bonchev–Trinajstić information content (AvgIpc) is 3.13. The number of rotatable bonds is 6. The highest BCUT2D eigenvalue weighted by Gasteiger charge is 2.56. The maximum Gasteiger partial charge on any atom is 0.139 e. The molecule has 0 spiro atoms. The first-order valence-corrected chi connectivity index (χ1v) is 7.55. The predicted molar refractivity (Wildman–Crippen MR) is 85.3 cm³/mol. The highest BCUT2D eigenvalue weighted by atomic mass is 19.1. The molecule has 0 N–H and O–H groups in total. The molecule has 0 aromatic rings. The van der Waals surface area contributed by atoms with Gasteiger partial charge in [0.25, 0.3) is 0 Å². The van der Waals surface area contributed by atoms with E-state index in [-0.39, 0.29) is 5.92 Å². The molecule has 0 radical (unpaired) electrons. The zero-order chi connectivity index (χ0) is 14.8. The topological polar surface area (TPSA) is 0 Å². The Balaban J connectivity index is 1.98. The maximum absolute atomic E-state index is 14.4. The van der Waals surface area contributed by atoms with E-state index in [1.807, 2.05) is 19.1 Å². The van der Waals surface area contributed by atoms with Crippen LogP contribution in [0.15, 0.2) is 59.8 Å². The highest BCUT2D eigenvalue weighted by Crippen LogP contribution is 2.59. The maximum atomic E-state index is 14.4. The van der Waals surface area contributed by atoms with E-state index in [1.54, 1.807) is 6.08 Å². The van der Waals surface area contributed by atoms with Crippen LogP contribution < -0.4 is 0 Å². The molecular formula is C19H25F. The van der Waals surface area contributed by atoms with E-state index < -0.39 is 5.67 Å². The standard InChI is InChI=1S/C19H25F/c1-5-14(3)8-9-15(4)10-11-17-16(6-2)18(17)19(20)12-7-13-19/h5,7-9,11-12,16,18H,1,6,10,13H2,2-4H3/b14-8+,15-9+,17-11+. The quantitative estimate of drug-likeness (QED) is 0.429. The van der Waals surface area contributed by atoms with Crippen molar-refractivity contribution >= 4 is 0 Å². The molecule has 0 aromatic heterocycles. The molecule has 0 nitrogen and oxygen atoms in total. The van der Waals surface area contributed by atoms with Crippen LogP contribution in [-0.4, -0.2) is 5.67 Å². The van der Waals surface area contributed by atoms with Crippen molar-refractivity contribution in [3.05, 3.63) is 59.8 Å². The van der Waals surface area contributed by atoms with Gasteiger partial charge in [-0.3, -0.25) is 0 Å². The van der Waals surface area contributed by atoms with Crippen molar-refractivity contribution in [1.29, 1.82) is 0 Å². The summed E-state index contributed by atoms with van der Waals surface area (Å²) in [5, 5.41) is 0. The first-order chi connectivity index (χ1) is 9.51. The summed E-state index contributed by atoms with van der Waals surface area (Å²) in [7, 11) is 0. The fourth-order valence-corrected chi connectivity index (χ4v) is 2.96. The Morgan fingerprint density at radius 2 is 2.15 bits per heavy atom. The summed E-state index contributed by atoms with van der Waals surface area (Å²) in [5.74, 6) is 0.610. The van der Waals surface area contributed by atoms with Crippen molar-refractivity contribution in [3.63, 3.8) is 0 Å². The van der Waals surface area contributed by atoms with Crippen LogP contribution in [0.4, 0.5) is 4.39 Å². The van der Waals surface area contributed by atoms with Crippen molar-refractivity contribution in [2.24, 2.45) is 11.8 Å². The molecule has 0 aliphatic heterocycles. The van der Waals surface area contributed by atoms with Gasteiger partial charge in [0.05, 0.1) is 0 Å². The monoisotopic (exact) mass is 272 g/mol. The highest BCUT2D eigenvalue weighted by molar-refractivity contribution is 5.40. The van der Waals surface area contributed by atoms with Crippen LogP contribution in [0.3, 0.4) is 0 Å². The summed E-state index contributed by atoms with van der Waals surface area (Å²) < 4.78 is 14.4. The minimum Gasteiger partial charge on any atom is -0.238 e. The molecule has 0 saturated heterocycles. The van der Waals surface area contributed by atoms with Gasteiger partial charge in [-0.2, -0.15) is 0 Å². The van der Waals surface area contributed by atoms with Crippen LogP contribution in [0.25, 0.3) is 0 Å². The van der Waals surface area contributed by atoms with Gasteiger partial charge in [-0.15, -0.1) is 0 Å². The summed E-state index contributed by atoms with van der Waals surface area (Å²) in [5.41, 5.74) is 2.76. The van der Waals surface area contributed by atoms with E-state index in [0.717, 1.165) is 18.4 Å². The molecule has 20 heavy (non-hydrogen) atoms. The van der Waals surface area contributed by atoms with Crippen LogP contribution in [0, 0.1) is 11.8 Å². The predicted octanol–water partition coefficient (Wildman–Crippen LogP) is 5.71. The third-order valence-corrected chi connectivity index (χ3v) is 4.48. The van der Waals surface area contributed by atoms with E-state index in [9.17, 15) is 4.39 Å². The smallest absolute Gasteiger partial charge is 0.139 e. The molecule has 3 unspecified atom stereocenters. The second kappa shape index (κ2) is 5.95. The summed E-state index contributed by atoms with van der Waals surface area (Å²) in [6.45, 7) is 10.1. The van der Waals surface area contributed by atoms with E-state index in [4.69, 9.17) is 0 Å². The summed E-state index contributed by atoms with van der Waals surface area (Å²) in [6.07, 6.45) is 14.6.